The van der Waals surface area contributed by atoms with E-state index in [0.29, 0.717) is 0 Å². The molecule has 0 aromatic rings. The second-order valence-corrected chi connectivity index (χ2v) is 5.31. The molecule has 0 aliphatic heterocycles. The zero-order chi connectivity index (χ0) is 9.31. The second-order valence-electron chi connectivity index (χ2n) is 5.31. The lowest BCUT2D eigenvalue weighted by Crippen LogP contribution is -2.44. The number of rotatable bonds is 3. The lowest BCUT2D eigenvalue weighted by Gasteiger charge is -2.38. The van der Waals surface area contributed by atoms with Gasteiger partial charge in [0.25, 0.3) is 0 Å². The van der Waals surface area contributed by atoms with Crippen molar-refractivity contribution in [2.75, 3.05) is 0 Å². The summed E-state index contributed by atoms with van der Waals surface area (Å²) < 4.78 is 0. The van der Waals surface area contributed by atoms with Crippen molar-refractivity contribution in [3.05, 3.63) is 0 Å². The smallest absolute Gasteiger partial charge is 0.0157 e. The molecular formula is C12H23N. The summed E-state index contributed by atoms with van der Waals surface area (Å²) in [6.07, 6.45) is 10.9. The topological polar surface area (TPSA) is 26.0 Å². The lowest BCUT2D eigenvalue weighted by molar-refractivity contribution is 0.194. The molecule has 0 radical (unpaired) electrons. The molecule has 2 atom stereocenters. The van der Waals surface area contributed by atoms with Gasteiger partial charge in [-0.3, -0.25) is 0 Å². The van der Waals surface area contributed by atoms with Crippen LogP contribution in [-0.4, -0.2) is 5.54 Å². The van der Waals surface area contributed by atoms with Crippen molar-refractivity contribution in [3.63, 3.8) is 0 Å². The van der Waals surface area contributed by atoms with E-state index in [1.807, 2.05) is 0 Å². The maximum atomic E-state index is 6.43. The molecule has 0 heterocycles. The Morgan fingerprint density at radius 1 is 1.23 bits per heavy atom. The fourth-order valence-electron chi connectivity index (χ4n) is 3.14. The highest BCUT2D eigenvalue weighted by Crippen LogP contribution is 2.46. The van der Waals surface area contributed by atoms with E-state index in [0.717, 1.165) is 11.8 Å². The fraction of sp³-hybridized carbons (Fsp3) is 1.00. The third kappa shape index (κ3) is 2.25. The van der Waals surface area contributed by atoms with Gasteiger partial charge in [-0.15, -0.1) is 0 Å². The zero-order valence-electron chi connectivity index (χ0n) is 8.89. The van der Waals surface area contributed by atoms with Gasteiger partial charge in [-0.05, 0) is 43.9 Å². The monoisotopic (exact) mass is 181 g/mol. The average Bonchev–Trinajstić information content (AvgIpc) is 2.86. The van der Waals surface area contributed by atoms with Crippen molar-refractivity contribution >= 4 is 0 Å². The van der Waals surface area contributed by atoms with E-state index in [1.165, 1.54) is 51.4 Å². The van der Waals surface area contributed by atoms with Crippen LogP contribution in [0.1, 0.15) is 58.3 Å². The van der Waals surface area contributed by atoms with Gasteiger partial charge in [0.1, 0.15) is 0 Å². The van der Waals surface area contributed by atoms with Crippen LogP contribution >= 0.6 is 0 Å². The molecule has 0 amide bonds. The second kappa shape index (κ2) is 3.61. The number of hydrogen-bond acceptors (Lipinski definition) is 1. The Hall–Kier alpha value is -0.0400. The average molecular weight is 181 g/mol. The lowest BCUT2D eigenvalue weighted by atomic mass is 9.72. The first-order chi connectivity index (χ1) is 6.23. The molecule has 0 saturated heterocycles. The van der Waals surface area contributed by atoms with Gasteiger partial charge in [-0.25, -0.2) is 0 Å². The predicted molar refractivity (Wildman–Crippen MR) is 56.5 cm³/mol. The maximum Gasteiger partial charge on any atom is 0.0157 e. The van der Waals surface area contributed by atoms with E-state index in [4.69, 9.17) is 5.73 Å². The molecule has 1 heteroatoms. The first kappa shape index (κ1) is 9.51. The standard InChI is InChI=1S/C12H23N/c1-2-7-12(13)8-3-4-11(9-12)10-5-6-10/h10-11H,2-9,13H2,1H3. The van der Waals surface area contributed by atoms with Gasteiger partial charge in [0.15, 0.2) is 0 Å². The molecule has 0 spiro atoms. The third-order valence-electron chi connectivity index (χ3n) is 3.95. The predicted octanol–water partition coefficient (Wildman–Crippen LogP) is 3.08. The third-order valence-corrected chi connectivity index (χ3v) is 3.95. The quantitative estimate of drug-likeness (QED) is 0.711. The zero-order valence-corrected chi connectivity index (χ0v) is 8.89. The Morgan fingerprint density at radius 2 is 2.00 bits per heavy atom. The summed E-state index contributed by atoms with van der Waals surface area (Å²) in [6.45, 7) is 2.26. The summed E-state index contributed by atoms with van der Waals surface area (Å²) in [4.78, 5) is 0. The molecule has 13 heavy (non-hydrogen) atoms. The molecule has 2 rings (SSSR count). The maximum absolute atomic E-state index is 6.43. The first-order valence-electron chi connectivity index (χ1n) is 6.02. The van der Waals surface area contributed by atoms with Gasteiger partial charge in [-0.1, -0.05) is 26.2 Å². The normalized spacial score (nSPS) is 40.6. The molecule has 2 saturated carbocycles. The Labute approximate surface area is 82.1 Å². The Balaban J connectivity index is 1.89. The SMILES string of the molecule is CCCC1(N)CCCC(C2CC2)C1. The molecule has 2 aliphatic carbocycles. The summed E-state index contributed by atoms with van der Waals surface area (Å²) in [6, 6.07) is 0. The van der Waals surface area contributed by atoms with Crippen LogP contribution in [0.5, 0.6) is 0 Å². The van der Waals surface area contributed by atoms with Gasteiger partial charge < -0.3 is 5.73 Å². The van der Waals surface area contributed by atoms with Crippen LogP contribution in [0.25, 0.3) is 0 Å². The largest absolute Gasteiger partial charge is 0.325 e. The van der Waals surface area contributed by atoms with Crippen LogP contribution in [-0.2, 0) is 0 Å². The van der Waals surface area contributed by atoms with Gasteiger partial charge in [0.2, 0.25) is 0 Å². The summed E-state index contributed by atoms with van der Waals surface area (Å²) in [5, 5.41) is 0. The van der Waals surface area contributed by atoms with Crippen molar-refractivity contribution < 1.29 is 0 Å². The van der Waals surface area contributed by atoms with Crippen LogP contribution in [0.2, 0.25) is 0 Å². The van der Waals surface area contributed by atoms with Gasteiger partial charge in [-0.2, -0.15) is 0 Å². The molecule has 1 nitrogen and oxygen atoms in total. The van der Waals surface area contributed by atoms with Gasteiger partial charge in [0.05, 0.1) is 0 Å². The van der Waals surface area contributed by atoms with E-state index in [2.05, 4.69) is 6.92 Å². The van der Waals surface area contributed by atoms with E-state index < -0.39 is 0 Å². The van der Waals surface area contributed by atoms with Gasteiger partial charge >= 0.3 is 0 Å². The van der Waals surface area contributed by atoms with Crippen molar-refractivity contribution in [2.45, 2.75) is 63.8 Å². The van der Waals surface area contributed by atoms with Crippen LogP contribution < -0.4 is 5.73 Å². The molecule has 2 aliphatic rings. The van der Waals surface area contributed by atoms with E-state index >= 15 is 0 Å². The van der Waals surface area contributed by atoms with Crippen molar-refractivity contribution in [2.24, 2.45) is 17.6 Å². The summed E-state index contributed by atoms with van der Waals surface area (Å²) in [7, 11) is 0. The fourth-order valence-corrected chi connectivity index (χ4v) is 3.14. The first-order valence-corrected chi connectivity index (χ1v) is 6.02. The van der Waals surface area contributed by atoms with Crippen LogP contribution in [0.3, 0.4) is 0 Å². The molecule has 2 N–H and O–H groups in total. The van der Waals surface area contributed by atoms with Crippen LogP contribution in [0.4, 0.5) is 0 Å². The van der Waals surface area contributed by atoms with E-state index in [-0.39, 0.29) is 5.54 Å². The van der Waals surface area contributed by atoms with Crippen molar-refractivity contribution in [1.29, 1.82) is 0 Å². The molecule has 2 fully saturated rings. The Kier molecular flexibility index (Phi) is 2.64. The molecule has 76 valence electrons. The highest BCUT2D eigenvalue weighted by atomic mass is 14.7. The Bertz CT molecular complexity index is 170. The minimum absolute atomic E-state index is 0.222. The molecule has 0 aromatic carbocycles. The van der Waals surface area contributed by atoms with Gasteiger partial charge in [0, 0.05) is 5.54 Å². The molecular weight excluding hydrogens is 158 g/mol. The molecule has 0 aromatic heterocycles. The van der Waals surface area contributed by atoms with Crippen molar-refractivity contribution in [3.8, 4) is 0 Å². The minimum Gasteiger partial charge on any atom is -0.325 e. The number of hydrogen-bond donors (Lipinski definition) is 1. The summed E-state index contributed by atoms with van der Waals surface area (Å²) >= 11 is 0. The van der Waals surface area contributed by atoms with Crippen LogP contribution in [0, 0.1) is 11.8 Å². The summed E-state index contributed by atoms with van der Waals surface area (Å²) in [5.74, 6) is 2.06. The summed E-state index contributed by atoms with van der Waals surface area (Å²) in [5.41, 5.74) is 6.65. The van der Waals surface area contributed by atoms with Crippen molar-refractivity contribution in [1.82, 2.24) is 0 Å². The molecule has 0 bridgehead atoms. The minimum atomic E-state index is 0.222. The highest BCUT2D eigenvalue weighted by Gasteiger charge is 2.39. The number of nitrogens with two attached hydrogens (primary N) is 1. The van der Waals surface area contributed by atoms with E-state index in [1.54, 1.807) is 0 Å². The van der Waals surface area contributed by atoms with Crippen LogP contribution in [0.15, 0.2) is 0 Å². The molecule has 2 unspecified atom stereocenters. The van der Waals surface area contributed by atoms with E-state index in [9.17, 15) is 0 Å². The highest BCUT2D eigenvalue weighted by molar-refractivity contribution is 4.95. The Morgan fingerprint density at radius 3 is 2.62 bits per heavy atom.